The van der Waals surface area contributed by atoms with Crippen molar-refractivity contribution < 1.29 is 9.84 Å². The van der Waals surface area contributed by atoms with Gasteiger partial charge in [-0.1, -0.05) is 6.07 Å². The summed E-state index contributed by atoms with van der Waals surface area (Å²) in [4.78, 5) is 2.45. The molecule has 2 aliphatic rings. The Bertz CT molecular complexity index is 454. The molecule has 1 aliphatic carbocycles. The quantitative estimate of drug-likeness (QED) is 0.919. The van der Waals surface area contributed by atoms with Gasteiger partial charge in [-0.2, -0.15) is 0 Å². The van der Waals surface area contributed by atoms with E-state index in [1.807, 2.05) is 12.1 Å². The molecule has 2 atom stereocenters. The zero-order valence-electron chi connectivity index (χ0n) is 12.3. The van der Waals surface area contributed by atoms with E-state index < -0.39 is 0 Å². The molecule has 0 saturated carbocycles. The number of phenolic OH excluding ortho intramolecular Hbond substituents is 1. The van der Waals surface area contributed by atoms with Crippen molar-refractivity contribution in [3.05, 3.63) is 29.3 Å². The first-order valence-corrected chi connectivity index (χ1v) is 7.87. The number of nitrogens with zero attached hydrogens (tertiary/aromatic N) is 1. The zero-order chi connectivity index (χ0) is 13.9. The fourth-order valence-corrected chi connectivity index (χ4v) is 3.63. The van der Waals surface area contributed by atoms with Crippen molar-refractivity contribution in [1.29, 1.82) is 0 Å². The highest BCUT2D eigenvalue weighted by Gasteiger charge is 2.26. The van der Waals surface area contributed by atoms with E-state index in [0.717, 1.165) is 19.6 Å². The summed E-state index contributed by atoms with van der Waals surface area (Å²) in [6, 6.07) is 6.34. The molecule has 1 N–H and O–H groups in total. The maximum atomic E-state index is 9.64. The molecule has 20 heavy (non-hydrogen) atoms. The lowest BCUT2D eigenvalue weighted by Crippen LogP contribution is -2.36. The van der Waals surface area contributed by atoms with Crippen LogP contribution >= 0.6 is 0 Å². The first-order valence-electron chi connectivity index (χ1n) is 7.87. The summed E-state index contributed by atoms with van der Waals surface area (Å²) in [5, 5.41) is 9.64. The second kappa shape index (κ2) is 6.15. The van der Waals surface area contributed by atoms with Gasteiger partial charge in [0, 0.05) is 19.2 Å². The number of phenols is 1. The van der Waals surface area contributed by atoms with Crippen LogP contribution in [0.5, 0.6) is 5.75 Å². The van der Waals surface area contributed by atoms with Gasteiger partial charge in [0.05, 0.1) is 6.10 Å². The van der Waals surface area contributed by atoms with Crippen molar-refractivity contribution in [3.63, 3.8) is 0 Å². The summed E-state index contributed by atoms with van der Waals surface area (Å²) in [6.07, 6.45) is 7.61. The minimum absolute atomic E-state index is 0.391. The molecule has 2 unspecified atom stereocenters. The monoisotopic (exact) mass is 275 g/mol. The van der Waals surface area contributed by atoms with Crippen LogP contribution in [0.1, 0.15) is 49.3 Å². The van der Waals surface area contributed by atoms with Crippen molar-refractivity contribution in [1.82, 2.24) is 4.90 Å². The molecule has 0 radical (unpaired) electrons. The van der Waals surface area contributed by atoms with Gasteiger partial charge < -0.3 is 9.84 Å². The van der Waals surface area contributed by atoms with E-state index >= 15 is 0 Å². The van der Waals surface area contributed by atoms with Crippen molar-refractivity contribution in [2.45, 2.75) is 50.7 Å². The summed E-state index contributed by atoms with van der Waals surface area (Å²) >= 11 is 0. The Labute approximate surface area is 121 Å². The number of ether oxygens (including phenoxy) is 1. The molecule has 0 amide bonds. The Morgan fingerprint density at radius 1 is 1.25 bits per heavy atom. The maximum Gasteiger partial charge on any atom is 0.115 e. The summed E-state index contributed by atoms with van der Waals surface area (Å²) in [7, 11) is 2.21. The lowest BCUT2D eigenvalue weighted by atomic mass is 9.86. The second-order valence-corrected chi connectivity index (χ2v) is 6.22. The van der Waals surface area contributed by atoms with Crippen molar-refractivity contribution >= 4 is 0 Å². The van der Waals surface area contributed by atoms with Crippen LogP contribution in [-0.4, -0.2) is 36.3 Å². The van der Waals surface area contributed by atoms with Crippen molar-refractivity contribution in [2.24, 2.45) is 0 Å². The number of fused-ring (bicyclic) bond motifs is 1. The number of aromatic hydroxyl groups is 1. The van der Waals surface area contributed by atoms with Gasteiger partial charge >= 0.3 is 0 Å². The molecule has 1 aromatic rings. The first kappa shape index (κ1) is 13.9. The minimum Gasteiger partial charge on any atom is -0.508 e. The van der Waals surface area contributed by atoms with Crippen LogP contribution in [0.25, 0.3) is 0 Å². The maximum absolute atomic E-state index is 9.64. The van der Waals surface area contributed by atoms with E-state index in [2.05, 4.69) is 18.0 Å². The molecule has 3 rings (SSSR count). The molecule has 3 heteroatoms. The van der Waals surface area contributed by atoms with E-state index in [1.165, 1.54) is 43.2 Å². The second-order valence-electron chi connectivity index (χ2n) is 6.22. The van der Waals surface area contributed by atoms with Crippen LogP contribution in [0.15, 0.2) is 18.2 Å². The van der Waals surface area contributed by atoms with Crippen molar-refractivity contribution in [2.75, 3.05) is 20.2 Å². The lowest BCUT2D eigenvalue weighted by molar-refractivity contribution is -0.00961. The molecular formula is C17H25NO2. The normalized spacial score (nSPS) is 26.5. The van der Waals surface area contributed by atoms with Gasteiger partial charge in [0.15, 0.2) is 0 Å². The first-order chi connectivity index (χ1) is 9.74. The number of aryl methyl sites for hydroxylation is 1. The third-order valence-electron chi connectivity index (χ3n) is 4.71. The Kier molecular flexibility index (Phi) is 4.27. The average molecular weight is 275 g/mol. The van der Waals surface area contributed by atoms with E-state index in [4.69, 9.17) is 4.74 Å². The predicted octanol–water partition coefficient (Wildman–Crippen LogP) is 3.27. The smallest absolute Gasteiger partial charge is 0.115 e. The number of benzene rings is 1. The third-order valence-corrected chi connectivity index (χ3v) is 4.71. The molecule has 1 saturated heterocycles. The Balaban J connectivity index is 1.71. The molecule has 3 nitrogen and oxygen atoms in total. The third kappa shape index (κ3) is 2.99. The molecule has 0 aromatic heterocycles. The lowest BCUT2D eigenvalue weighted by Gasteiger charge is -2.36. The van der Waals surface area contributed by atoms with Gasteiger partial charge in [-0.05, 0) is 68.8 Å². The SMILES string of the molecule is CN(CC1CCCCO1)C1CCCc2cc(O)ccc21. The molecule has 1 fully saturated rings. The van der Waals surface area contributed by atoms with Gasteiger partial charge in [-0.15, -0.1) is 0 Å². The number of hydrogen-bond acceptors (Lipinski definition) is 3. The number of likely N-dealkylation sites (N-methyl/N-ethyl adjacent to an activating group) is 1. The fraction of sp³-hybridized carbons (Fsp3) is 0.647. The van der Waals surface area contributed by atoms with Gasteiger partial charge in [0.1, 0.15) is 5.75 Å². The number of hydrogen-bond donors (Lipinski definition) is 1. The van der Waals surface area contributed by atoms with Crippen molar-refractivity contribution in [3.8, 4) is 5.75 Å². The van der Waals surface area contributed by atoms with Crippen LogP contribution in [-0.2, 0) is 11.2 Å². The largest absolute Gasteiger partial charge is 0.508 e. The highest BCUT2D eigenvalue weighted by Crippen LogP contribution is 2.35. The topological polar surface area (TPSA) is 32.7 Å². The van der Waals surface area contributed by atoms with E-state index in [1.54, 1.807) is 0 Å². The van der Waals surface area contributed by atoms with Crippen LogP contribution in [0, 0.1) is 0 Å². The molecule has 1 aliphatic heterocycles. The molecule has 110 valence electrons. The average Bonchev–Trinajstić information content (AvgIpc) is 2.47. The summed E-state index contributed by atoms with van der Waals surface area (Å²) in [6.45, 7) is 1.94. The highest BCUT2D eigenvalue weighted by molar-refractivity contribution is 5.38. The fourth-order valence-electron chi connectivity index (χ4n) is 3.63. The highest BCUT2D eigenvalue weighted by atomic mass is 16.5. The molecule has 1 aromatic carbocycles. The predicted molar refractivity (Wildman–Crippen MR) is 80.0 cm³/mol. The number of rotatable bonds is 3. The summed E-state index contributed by atoms with van der Waals surface area (Å²) in [5.74, 6) is 0.391. The Hall–Kier alpha value is -1.06. The van der Waals surface area contributed by atoms with Gasteiger partial charge in [-0.25, -0.2) is 0 Å². The van der Waals surface area contributed by atoms with Gasteiger partial charge in [0.25, 0.3) is 0 Å². The van der Waals surface area contributed by atoms with Crippen LogP contribution in [0.2, 0.25) is 0 Å². The van der Waals surface area contributed by atoms with Crippen LogP contribution in [0.4, 0.5) is 0 Å². The molecule has 0 bridgehead atoms. The Morgan fingerprint density at radius 2 is 2.15 bits per heavy atom. The molecule has 1 heterocycles. The van der Waals surface area contributed by atoms with Crippen LogP contribution < -0.4 is 0 Å². The van der Waals surface area contributed by atoms with E-state index in [0.29, 0.717) is 17.9 Å². The zero-order valence-corrected chi connectivity index (χ0v) is 12.3. The molecular weight excluding hydrogens is 250 g/mol. The van der Waals surface area contributed by atoms with Crippen LogP contribution in [0.3, 0.4) is 0 Å². The molecule has 0 spiro atoms. The van der Waals surface area contributed by atoms with E-state index in [9.17, 15) is 5.11 Å². The van der Waals surface area contributed by atoms with Gasteiger partial charge in [0.2, 0.25) is 0 Å². The van der Waals surface area contributed by atoms with Gasteiger partial charge in [-0.3, -0.25) is 4.90 Å². The Morgan fingerprint density at radius 3 is 2.95 bits per heavy atom. The summed E-state index contributed by atoms with van der Waals surface area (Å²) < 4.78 is 5.86. The standard InChI is InChI=1S/C17H25NO2/c1-18(12-15-6-2-3-10-20-15)17-7-4-5-13-11-14(19)8-9-16(13)17/h8-9,11,15,17,19H,2-7,10,12H2,1H3. The minimum atomic E-state index is 0.391. The summed E-state index contributed by atoms with van der Waals surface area (Å²) in [5.41, 5.74) is 2.71. The van der Waals surface area contributed by atoms with E-state index in [-0.39, 0.29) is 0 Å².